The number of aliphatic hydroxyl groups excluding tert-OH is 1. The Morgan fingerprint density at radius 1 is 1.41 bits per heavy atom. The zero-order valence-electron chi connectivity index (χ0n) is 10.1. The summed E-state index contributed by atoms with van der Waals surface area (Å²) in [5, 5.41) is 11.5. The minimum absolute atomic E-state index is 0.0723. The van der Waals surface area contributed by atoms with E-state index in [0.717, 1.165) is 6.42 Å². The van der Waals surface area contributed by atoms with Gasteiger partial charge in [0.2, 0.25) is 5.91 Å². The number of amides is 1. The van der Waals surface area contributed by atoms with Crippen molar-refractivity contribution in [2.24, 2.45) is 5.73 Å². The van der Waals surface area contributed by atoms with Crippen LogP contribution in [0.3, 0.4) is 0 Å². The standard InChI is InChI=1S/C13H20N2O2/c1-10(9-16)15-13(17)12(14)8-7-11-5-3-2-4-6-11/h2-6,10,12,16H,7-9,14H2,1H3,(H,15,17)/t10-,12?/m1/s1. The SMILES string of the molecule is C[C@H](CO)NC(=O)C(N)CCc1ccccc1. The van der Waals surface area contributed by atoms with Crippen molar-refractivity contribution in [2.75, 3.05) is 6.61 Å². The van der Waals surface area contributed by atoms with Gasteiger partial charge in [0.15, 0.2) is 0 Å². The number of nitrogens with one attached hydrogen (secondary N) is 1. The Labute approximate surface area is 102 Å². The molecule has 4 heteroatoms. The number of benzene rings is 1. The van der Waals surface area contributed by atoms with E-state index in [1.54, 1.807) is 6.92 Å². The number of aliphatic hydroxyl groups is 1. The van der Waals surface area contributed by atoms with Crippen molar-refractivity contribution in [2.45, 2.75) is 31.8 Å². The van der Waals surface area contributed by atoms with Crippen molar-refractivity contribution < 1.29 is 9.90 Å². The molecule has 0 aliphatic rings. The molecule has 4 N–H and O–H groups in total. The zero-order chi connectivity index (χ0) is 12.7. The largest absolute Gasteiger partial charge is 0.394 e. The Hall–Kier alpha value is -1.39. The first kappa shape index (κ1) is 13.7. The van der Waals surface area contributed by atoms with Gasteiger partial charge >= 0.3 is 0 Å². The fourth-order valence-electron chi connectivity index (χ4n) is 1.49. The van der Waals surface area contributed by atoms with Crippen LogP contribution in [-0.4, -0.2) is 29.7 Å². The first-order chi connectivity index (χ1) is 8.13. The first-order valence-electron chi connectivity index (χ1n) is 5.84. The van der Waals surface area contributed by atoms with Gasteiger partial charge in [-0.15, -0.1) is 0 Å². The molecular formula is C13H20N2O2. The lowest BCUT2D eigenvalue weighted by atomic mass is 10.1. The molecule has 0 fully saturated rings. The van der Waals surface area contributed by atoms with Crippen LogP contribution in [0, 0.1) is 0 Å². The van der Waals surface area contributed by atoms with Crippen molar-refractivity contribution in [3.63, 3.8) is 0 Å². The van der Waals surface area contributed by atoms with Gasteiger partial charge in [-0.05, 0) is 25.3 Å². The summed E-state index contributed by atoms with van der Waals surface area (Å²) in [6, 6.07) is 9.15. The smallest absolute Gasteiger partial charge is 0.237 e. The van der Waals surface area contributed by atoms with Crippen LogP contribution in [-0.2, 0) is 11.2 Å². The molecular weight excluding hydrogens is 216 g/mol. The van der Waals surface area contributed by atoms with Gasteiger partial charge in [0.05, 0.1) is 12.6 Å². The van der Waals surface area contributed by atoms with Crippen molar-refractivity contribution in [3.05, 3.63) is 35.9 Å². The summed E-state index contributed by atoms with van der Waals surface area (Å²) in [7, 11) is 0. The van der Waals surface area contributed by atoms with Gasteiger partial charge in [-0.25, -0.2) is 0 Å². The van der Waals surface area contributed by atoms with Crippen LogP contribution >= 0.6 is 0 Å². The van der Waals surface area contributed by atoms with E-state index in [1.165, 1.54) is 5.56 Å². The Kier molecular flexibility index (Phi) is 5.66. The predicted molar refractivity (Wildman–Crippen MR) is 67.4 cm³/mol. The summed E-state index contributed by atoms with van der Waals surface area (Å²) in [6.45, 7) is 1.67. The van der Waals surface area contributed by atoms with Gasteiger partial charge in [-0.2, -0.15) is 0 Å². The highest BCUT2D eigenvalue weighted by Crippen LogP contribution is 2.04. The summed E-state index contributed by atoms with van der Waals surface area (Å²) < 4.78 is 0. The fraction of sp³-hybridized carbons (Fsp3) is 0.462. The average Bonchev–Trinajstić information content (AvgIpc) is 2.36. The fourth-order valence-corrected chi connectivity index (χ4v) is 1.49. The van der Waals surface area contributed by atoms with E-state index in [1.807, 2.05) is 30.3 Å². The van der Waals surface area contributed by atoms with E-state index in [4.69, 9.17) is 10.8 Å². The number of aryl methyl sites for hydroxylation is 1. The van der Waals surface area contributed by atoms with E-state index in [-0.39, 0.29) is 18.6 Å². The van der Waals surface area contributed by atoms with E-state index >= 15 is 0 Å². The van der Waals surface area contributed by atoms with Gasteiger partial charge in [-0.1, -0.05) is 30.3 Å². The maximum atomic E-state index is 11.6. The molecule has 0 radical (unpaired) electrons. The van der Waals surface area contributed by atoms with Gasteiger partial charge in [-0.3, -0.25) is 4.79 Å². The Morgan fingerprint density at radius 2 is 2.06 bits per heavy atom. The third-order valence-electron chi connectivity index (χ3n) is 2.59. The van der Waals surface area contributed by atoms with E-state index in [9.17, 15) is 4.79 Å². The lowest BCUT2D eigenvalue weighted by Crippen LogP contribution is -2.45. The quantitative estimate of drug-likeness (QED) is 0.671. The second-order valence-corrected chi connectivity index (χ2v) is 4.22. The molecule has 0 aliphatic heterocycles. The molecule has 1 amide bonds. The highest BCUT2D eigenvalue weighted by Gasteiger charge is 2.14. The van der Waals surface area contributed by atoms with Crippen molar-refractivity contribution in [1.29, 1.82) is 0 Å². The van der Waals surface area contributed by atoms with Crippen molar-refractivity contribution >= 4 is 5.91 Å². The summed E-state index contributed by atoms with van der Waals surface area (Å²) >= 11 is 0. The third kappa shape index (κ3) is 4.97. The Morgan fingerprint density at radius 3 is 2.65 bits per heavy atom. The molecule has 0 spiro atoms. The molecule has 94 valence electrons. The molecule has 0 heterocycles. The van der Waals surface area contributed by atoms with Gasteiger partial charge in [0.25, 0.3) is 0 Å². The molecule has 1 aromatic rings. The predicted octanol–water partition coefficient (Wildman–Crippen LogP) is 0.444. The van der Waals surface area contributed by atoms with Crippen LogP contribution in [0.4, 0.5) is 0 Å². The number of hydrogen-bond acceptors (Lipinski definition) is 3. The summed E-state index contributed by atoms with van der Waals surface area (Å²) in [4.78, 5) is 11.6. The van der Waals surface area contributed by atoms with E-state index < -0.39 is 6.04 Å². The van der Waals surface area contributed by atoms with E-state index in [2.05, 4.69) is 5.32 Å². The van der Waals surface area contributed by atoms with Crippen LogP contribution in [0.25, 0.3) is 0 Å². The van der Waals surface area contributed by atoms with Crippen molar-refractivity contribution in [1.82, 2.24) is 5.32 Å². The summed E-state index contributed by atoms with van der Waals surface area (Å²) in [6.07, 6.45) is 1.39. The number of hydrogen-bond donors (Lipinski definition) is 3. The van der Waals surface area contributed by atoms with Crippen molar-refractivity contribution in [3.8, 4) is 0 Å². The van der Waals surface area contributed by atoms with E-state index in [0.29, 0.717) is 6.42 Å². The number of carbonyl (C=O) groups excluding carboxylic acids is 1. The highest BCUT2D eigenvalue weighted by atomic mass is 16.3. The average molecular weight is 236 g/mol. The maximum Gasteiger partial charge on any atom is 0.237 e. The summed E-state index contributed by atoms with van der Waals surface area (Å²) in [5.74, 6) is -0.206. The lowest BCUT2D eigenvalue weighted by molar-refractivity contribution is -0.123. The molecule has 1 rings (SSSR count). The lowest BCUT2D eigenvalue weighted by Gasteiger charge is -2.15. The second kappa shape index (κ2) is 7.04. The molecule has 0 aliphatic carbocycles. The molecule has 4 nitrogen and oxygen atoms in total. The minimum Gasteiger partial charge on any atom is -0.394 e. The van der Waals surface area contributed by atoms with Crippen LogP contribution < -0.4 is 11.1 Å². The van der Waals surface area contributed by atoms with Crippen LogP contribution in [0.2, 0.25) is 0 Å². The Balaban J connectivity index is 2.34. The van der Waals surface area contributed by atoms with Crippen LogP contribution in [0.5, 0.6) is 0 Å². The molecule has 0 saturated heterocycles. The maximum absolute atomic E-state index is 11.6. The molecule has 17 heavy (non-hydrogen) atoms. The second-order valence-electron chi connectivity index (χ2n) is 4.22. The monoisotopic (exact) mass is 236 g/mol. The molecule has 0 saturated carbocycles. The molecule has 0 bridgehead atoms. The molecule has 0 aromatic heterocycles. The minimum atomic E-state index is -0.524. The zero-order valence-corrected chi connectivity index (χ0v) is 10.1. The Bertz CT molecular complexity index is 341. The highest BCUT2D eigenvalue weighted by molar-refractivity contribution is 5.81. The number of nitrogens with two attached hydrogens (primary N) is 1. The summed E-state index contributed by atoms with van der Waals surface area (Å²) in [5.41, 5.74) is 6.95. The third-order valence-corrected chi connectivity index (χ3v) is 2.59. The van der Waals surface area contributed by atoms with Gasteiger partial charge in [0, 0.05) is 6.04 Å². The number of rotatable bonds is 6. The first-order valence-corrected chi connectivity index (χ1v) is 5.84. The van der Waals surface area contributed by atoms with Crippen LogP contribution in [0.1, 0.15) is 18.9 Å². The molecule has 2 atom stereocenters. The molecule has 1 unspecified atom stereocenters. The molecule has 1 aromatic carbocycles. The van der Waals surface area contributed by atoms with Crippen LogP contribution in [0.15, 0.2) is 30.3 Å². The van der Waals surface area contributed by atoms with Gasteiger partial charge in [0.1, 0.15) is 0 Å². The normalized spacial score (nSPS) is 14.1. The van der Waals surface area contributed by atoms with Gasteiger partial charge < -0.3 is 16.2 Å². The number of carbonyl (C=O) groups is 1. The topological polar surface area (TPSA) is 75.3 Å².